The van der Waals surface area contributed by atoms with Gasteiger partial charge in [-0.05, 0) is 30.4 Å². The quantitative estimate of drug-likeness (QED) is 0.647. The van der Waals surface area contributed by atoms with Gasteiger partial charge in [-0.15, -0.1) is 11.8 Å². The van der Waals surface area contributed by atoms with Crippen molar-refractivity contribution in [1.82, 2.24) is 5.32 Å². The summed E-state index contributed by atoms with van der Waals surface area (Å²) in [7, 11) is 1.67. The Balaban J connectivity index is 2.40. The Morgan fingerprint density at radius 2 is 2.29 bits per heavy atom. The molecule has 94 valence electrons. The molecule has 5 heteroatoms. The first-order valence-electron chi connectivity index (χ1n) is 5.34. The second-order valence-electron chi connectivity index (χ2n) is 3.48. The van der Waals surface area contributed by atoms with E-state index in [1.165, 1.54) is 6.92 Å². The zero-order chi connectivity index (χ0) is 12.7. The van der Waals surface area contributed by atoms with E-state index in [9.17, 15) is 4.79 Å². The molecule has 0 heterocycles. The van der Waals surface area contributed by atoms with Crippen molar-refractivity contribution in [1.29, 1.82) is 0 Å². The fraction of sp³-hybridized carbons (Fsp3) is 0.417. The van der Waals surface area contributed by atoms with Crippen molar-refractivity contribution in [2.45, 2.75) is 18.2 Å². The number of carbonyl (C=O) groups excluding carboxylic acids is 1. The van der Waals surface area contributed by atoms with Crippen LogP contribution < -0.4 is 10.1 Å². The maximum atomic E-state index is 10.7. The first kappa shape index (κ1) is 14.4. The predicted octanol–water partition coefficient (Wildman–Crippen LogP) is 3.08. The van der Waals surface area contributed by atoms with Crippen LogP contribution in [-0.4, -0.2) is 25.3 Å². The van der Waals surface area contributed by atoms with E-state index in [-0.39, 0.29) is 5.91 Å². The third-order valence-corrected chi connectivity index (χ3v) is 3.69. The highest BCUT2D eigenvalue weighted by Crippen LogP contribution is 2.32. The standard InChI is InChI=1S/C12H16BrNO2S/c1-9(15)14-6-3-7-17-12-8-10(13)4-5-11(12)16-2/h4-5,8H,3,6-7H2,1-2H3,(H,14,15). The van der Waals surface area contributed by atoms with E-state index in [2.05, 4.69) is 21.2 Å². The molecule has 1 aromatic rings. The number of amides is 1. The molecule has 0 aromatic heterocycles. The van der Waals surface area contributed by atoms with Crippen LogP contribution in [0.3, 0.4) is 0 Å². The van der Waals surface area contributed by atoms with Crippen LogP contribution in [0.1, 0.15) is 13.3 Å². The van der Waals surface area contributed by atoms with Gasteiger partial charge in [-0.1, -0.05) is 15.9 Å². The molecule has 0 aliphatic heterocycles. The van der Waals surface area contributed by atoms with Crippen LogP contribution in [0.4, 0.5) is 0 Å². The Kier molecular flexibility index (Phi) is 6.44. The molecule has 1 N–H and O–H groups in total. The summed E-state index contributed by atoms with van der Waals surface area (Å²) in [6.07, 6.45) is 0.944. The fourth-order valence-corrected chi connectivity index (χ4v) is 2.81. The van der Waals surface area contributed by atoms with Gasteiger partial charge in [0.2, 0.25) is 5.91 Å². The van der Waals surface area contributed by atoms with Crippen LogP contribution in [-0.2, 0) is 4.79 Å². The highest BCUT2D eigenvalue weighted by atomic mass is 79.9. The van der Waals surface area contributed by atoms with Crippen molar-refractivity contribution in [2.24, 2.45) is 0 Å². The summed E-state index contributed by atoms with van der Waals surface area (Å²) in [5.74, 6) is 1.86. The largest absolute Gasteiger partial charge is 0.496 e. The molecule has 0 bridgehead atoms. The first-order valence-corrected chi connectivity index (χ1v) is 7.12. The van der Waals surface area contributed by atoms with E-state index in [0.717, 1.165) is 33.8 Å². The molecule has 1 aromatic carbocycles. The lowest BCUT2D eigenvalue weighted by Crippen LogP contribution is -2.21. The monoisotopic (exact) mass is 317 g/mol. The lowest BCUT2D eigenvalue weighted by atomic mass is 10.3. The molecule has 0 saturated carbocycles. The van der Waals surface area contributed by atoms with Gasteiger partial charge in [0.15, 0.2) is 0 Å². The SMILES string of the molecule is COc1ccc(Br)cc1SCCCNC(C)=O. The van der Waals surface area contributed by atoms with Crippen molar-refractivity contribution in [2.75, 3.05) is 19.4 Å². The lowest BCUT2D eigenvalue weighted by molar-refractivity contribution is -0.118. The summed E-state index contributed by atoms with van der Waals surface area (Å²) in [6, 6.07) is 5.95. The topological polar surface area (TPSA) is 38.3 Å². The summed E-state index contributed by atoms with van der Waals surface area (Å²) in [5.41, 5.74) is 0. The van der Waals surface area contributed by atoms with Crippen molar-refractivity contribution < 1.29 is 9.53 Å². The van der Waals surface area contributed by atoms with Crippen molar-refractivity contribution in [3.05, 3.63) is 22.7 Å². The van der Waals surface area contributed by atoms with E-state index in [4.69, 9.17) is 4.74 Å². The molecule has 0 saturated heterocycles. The van der Waals surface area contributed by atoms with Gasteiger partial charge in [-0.25, -0.2) is 0 Å². The zero-order valence-electron chi connectivity index (χ0n) is 9.96. The molecule has 17 heavy (non-hydrogen) atoms. The first-order chi connectivity index (χ1) is 8.13. The number of thioether (sulfide) groups is 1. The number of rotatable bonds is 6. The highest BCUT2D eigenvalue weighted by molar-refractivity contribution is 9.10. The molecule has 1 rings (SSSR count). The van der Waals surface area contributed by atoms with Crippen molar-refractivity contribution >= 4 is 33.6 Å². The molecule has 0 aliphatic carbocycles. The van der Waals surface area contributed by atoms with E-state index in [0.29, 0.717) is 0 Å². The number of hydrogen-bond donors (Lipinski definition) is 1. The van der Waals surface area contributed by atoms with Crippen LogP contribution in [0.25, 0.3) is 0 Å². The highest BCUT2D eigenvalue weighted by Gasteiger charge is 2.04. The Morgan fingerprint density at radius 1 is 1.53 bits per heavy atom. The number of carbonyl (C=O) groups is 1. The minimum Gasteiger partial charge on any atom is -0.496 e. The number of methoxy groups -OCH3 is 1. The number of halogens is 1. The number of hydrogen-bond acceptors (Lipinski definition) is 3. The summed E-state index contributed by atoms with van der Waals surface area (Å²) < 4.78 is 6.33. The molecule has 0 spiro atoms. The van der Waals surface area contributed by atoms with Crippen LogP contribution in [0.2, 0.25) is 0 Å². The molecule has 3 nitrogen and oxygen atoms in total. The minimum atomic E-state index is 0.0232. The molecule has 0 unspecified atom stereocenters. The molecule has 0 aliphatic rings. The Morgan fingerprint density at radius 3 is 2.94 bits per heavy atom. The maximum absolute atomic E-state index is 10.7. The van der Waals surface area contributed by atoms with E-state index in [1.807, 2.05) is 18.2 Å². The average molecular weight is 318 g/mol. The van der Waals surface area contributed by atoms with Gasteiger partial charge < -0.3 is 10.1 Å². The molecule has 1 amide bonds. The molecule has 0 fully saturated rings. The van der Waals surface area contributed by atoms with Crippen molar-refractivity contribution in [3.8, 4) is 5.75 Å². The van der Waals surface area contributed by atoms with E-state index in [1.54, 1.807) is 18.9 Å². The minimum absolute atomic E-state index is 0.0232. The Bertz CT molecular complexity index is 385. The smallest absolute Gasteiger partial charge is 0.216 e. The van der Waals surface area contributed by atoms with Gasteiger partial charge in [0, 0.05) is 17.9 Å². The third kappa shape index (κ3) is 5.46. The number of nitrogens with one attached hydrogen (secondary N) is 1. The van der Waals surface area contributed by atoms with Crippen LogP contribution in [0, 0.1) is 0 Å². The predicted molar refractivity (Wildman–Crippen MR) is 74.7 cm³/mol. The van der Waals surface area contributed by atoms with Gasteiger partial charge in [-0.2, -0.15) is 0 Å². The summed E-state index contributed by atoms with van der Waals surface area (Å²) >= 11 is 5.17. The number of benzene rings is 1. The summed E-state index contributed by atoms with van der Waals surface area (Å²) in [5, 5.41) is 2.78. The van der Waals surface area contributed by atoms with Gasteiger partial charge in [0.05, 0.1) is 12.0 Å². The van der Waals surface area contributed by atoms with Crippen LogP contribution in [0.5, 0.6) is 5.75 Å². The normalized spacial score (nSPS) is 10.1. The Labute approximate surface area is 114 Å². The molecule has 0 atom stereocenters. The van der Waals surface area contributed by atoms with Crippen molar-refractivity contribution in [3.63, 3.8) is 0 Å². The van der Waals surface area contributed by atoms with Gasteiger partial charge in [0.25, 0.3) is 0 Å². The Hall–Kier alpha value is -0.680. The van der Waals surface area contributed by atoms with Crippen LogP contribution >= 0.6 is 27.7 Å². The number of ether oxygens (including phenoxy) is 1. The van der Waals surface area contributed by atoms with Crippen LogP contribution in [0.15, 0.2) is 27.6 Å². The second kappa shape index (κ2) is 7.61. The van der Waals surface area contributed by atoms with E-state index >= 15 is 0 Å². The second-order valence-corrected chi connectivity index (χ2v) is 5.53. The van der Waals surface area contributed by atoms with E-state index < -0.39 is 0 Å². The van der Waals surface area contributed by atoms with Gasteiger partial charge in [-0.3, -0.25) is 4.79 Å². The molecular weight excluding hydrogens is 302 g/mol. The summed E-state index contributed by atoms with van der Waals surface area (Å²) in [4.78, 5) is 11.8. The van der Waals surface area contributed by atoms with Gasteiger partial charge >= 0.3 is 0 Å². The third-order valence-electron chi connectivity index (χ3n) is 2.08. The van der Waals surface area contributed by atoms with Gasteiger partial charge in [0.1, 0.15) is 5.75 Å². The maximum Gasteiger partial charge on any atom is 0.216 e. The zero-order valence-corrected chi connectivity index (χ0v) is 12.4. The fourth-order valence-electron chi connectivity index (χ4n) is 1.28. The molecule has 0 radical (unpaired) electrons. The lowest BCUT2D eigenvalue weighted by Gasteiger charge is -2.08. The molecular formula is C12H16BrNO2S. The summed E-state index contributed by atoms with van der Waals surface area (Å²) in [6.45, 7) is 2.25. The average Bonchev–Trinajstić information content (AvgIpc) is 2.28.